The van der Waals surface area contributed by atoms with Crippen molar-refractivity contribution in [3.05, 3.63) is 65.7 Å². The summed E-state index contributed by atoms with van der Waals surface area (Å²) in [4.78, 5) is 41.8. The molecule has 0 radical (unpaired) electrons. The average molecular weight is 452 g/mol. The highest BCUT2D eigenvalue weighted by molar-refractivity contribution is 5.91. The molecule has 4 rings (SSSR count). The van der Waals surface area contributed by atoms with Crippen molar-refractivity contribution >= 4 is 23.6 Å². The van der Waals surface area contributed by atoms with Crippen molar-refractivity contribution in [2.45, 2.75) is 38.5 Å². The average Bonchev–Trinajstić information content (AvgIpc) is 3.16. The number of nitrogens with one attached hydrogen (secondary N) is 1. The topological polar surface area (TPSA) is 88.2 Å². The summed E-state index contributed by atoms with van der Waals surface area (Å²) in [5.41, 5.74) is 2.19. The largest absolute Gasteiger partial charge is 0.438 e. The molecule has 2 aromatic rings. The number of hydrogen-bond donors (Lipinski definition) is 1. The molecule has 3 amide bonds. The fourth-order valence-corrected chi connectivity index (χ4v) is 4.19. The van der Waals surface area contributed by atoms with Gasteiger partial charge in [0.2, 0.25) is 11.8 Å². The molecule has 2 saturated heterocycles. The van der Waals surface area contributed by atoms with Crippen molar-refractivity contribution in [2.75, 3.05) is 31.6 Å². The van der Waals surface area contributed by atoms with Crippen molar-refractivity contribution in [2.24, 2.45) is 0 Å². The van der Waals surface area contributed by atoms with E-state index in [0.717, 1.165) is 12.0 Å². The van der Waals surface area contributed by atoms with Gasteiger partial charge in [-0.1, -0.05) is 49.4 Å². The molecule has 2 aliphatic heterocycles. The van der Waals surface area contributed by atoms with Crippen molar-refractivity contribution in [3.8, 4) is 0 Å². The summed E-state index contributed by atoms with van der Waals surface area (Å²) in [5.74, 6) is -0.241. The summed E-state index contributed by atoms with van der Waals surface area (Å²) in [7, 11) is 0. The van der Waals surface area contributed by atoms with E-state index < -0.39 is 18.2 Å². The molecular weight excluding hydrogens is 422 g/mol. The zero-order chi connectivity index (χ0) is 23.2. The Morgan fingerprint density at radius 2 is 1.82 bits per heavy atom. The minimum Gasteiger partial charge on any atom is -0.438 e. The molecule has 0 saturated carbocycles. The van der Waals surface area contributed by atoms with Gasteiger partial charge in [-0.05, 0) is 29.7 Å². The van der Waals surface area contributed by atoms with Crippen molar-refractivity contribution in [1.82, 2.24) is 9.80 Å². The minimum absolute atomic E-state index is 0.0790. The summed E-state index contributed by atoms with van der Waals surface area (Å²) >= 11 is 0. The van der Waals surface area contributed by atoms with Gasteiger partial charge in [0, 0.05) is 25.2 Å². The second kappa shape index (κ2) is 10.5. The van der Waals surface area contributed by atoms with Gasteiger partial charge in [-0.25, -0.2) is 4.79 Å². The van der Waals surface area contributed by atoms with Crippen LogP contribution in [0.2, 0.25) is 0 Å². The van der Waals surface area contributed by atoms with Crippen LogP contribution in [-0.2, 0) is 25.6 Å². The minimum atomic E-state index is -0.808. The number of carbonyl (C=O) groups is 3. The molecule has 0 aromatic heterocycles. The molecule has 2 fully saturated rings. The van der Waals surface area contributed by atoms with E-state index in [1.165, 1.54) is 4.90 Å². The van der Waals surface area contributed by atoms with E-state index in [2.05, 4.69) is 5.32 Å². The zero-order valence-corrected chi connectivity index (χ0v) is 18.7. The third-order valence-electron chi connectivity index (χ3n) is 5.83. The number of hydrogen-bond acceptors (Lipinski definition) is 5. The second-order valence-electron chi connectivity index (χ2n) is 8.22. The van der Waals surface area contributed by atoms with Gasteiger partial charge in [-0.2, -0.15) is 0 Å². The number of benzene rings is 2. The number of morpholine rings is 1. The Hall–Kier alpha value is -3.39. The molecule has 1 N–H and O–H groups in total. The predicted molar refractivity (Wildman–Crippen MR) is 122 cm³/mol. The number of nitrogens with zero attached hydrogens (tertiary/aromatic N) is 2. The Balaban J connectivity index is 1.63. The Morgan fingerprint density at radius 3 is 2.55 bits per heavy atom. The van der Waals surface area contributed by atoms with Crippen LogP contribution in [0, 0.1) is 0 Å². The van der Waals surface area contributed by atoms with E-state index in [1.807, 2.05) is 43.3 Å². The van der Waals surface area contributed by atoms with Crippen LogP contribution in [0.25, 0.3) is 0 Å². The summed E-state index contributed by atoms with van der Waals surface area (Å²) in [6.45, 7) is 4.09. The number of rotatable bonds is 7. The van der Waals surface area contributed by atoms with Gasteiger partial charge < -0.3 is 19.7 Å². The Bertz CT molecular complexity index is 991. The number of anilines is 1. The van der Waals surface area contributed by atoms with Crippen LogP contribution in [0.1, 0.15) is 37.0 Å². The third-order valence-corrected chi connectivity index (χ3v) is 5.83. The summed E-state index contributed by atoms with van der Waals surface area (Å²) < 4.78 is 11.2. The Labute approximate surface area is 193 Å². The van der Waals surface area contributed by atoms with Crippen molar-refractivity contribution < 1.29 is 23.9 Å². The van der Waals surface area contributed by atoms with Gasteiger partial charge in [-0.3, -0.25) is 14.5 Å². The maximum Gasteiger partial charge on any atom is 0.411 e. The van der Waals surface area contributed by atoms with Gasteiger partial charge in [0.15, 0.2) is 12.1 Å². The SMILES string of the molecule is CCCC(=O)Nc1cccc([C@H]2OC(=O)N(Cc3ccccc3)[C@@H]2C(=O)N2CCOCC2)c1. The number of ether oxygens (including phenoxy) is 2. The molecule has 0 spiro atoms. The lowest BCUT2D eigenvalue weighted by atomic mass is 9.99. The maximum atomic E-state index is 13.6. The number of amides is 3. The smallest absolute Gasteiger partial charge is 0.411 e. The molecule has 8 heteroatoms. The highest BCUT2D eigenvalue weighted by Gasteiger charge is 2.48. The van der Waals surface area contributed by atoms with E-state index in [0.29, 0.717) is 44.0 Å². The van der Waals surface area contributed by atoms with Gasteiger partial charge in [0.1, 0.15) is 0 Å². The highest BCUT2D eigenvalue weighted by Crippen LogP contribution is 2.36. The first kappa shape index (κ1) is 22.8. The van der Waals surface area contributed by atoms with E-state index in [9.17, 15) is 14.4 Å². The molecule has 8 nitrogen and oxygen atoms in total. The normalized spacial score (nSPS) is 20.5. The lowest BCUT2D eigenvalue weighted by molar-refractivity contribution is -0.141. The van der Waals surface area contributed by atoms with Crippen molar-refractivity contribution in [3.63, 3.8) is 0 Å². The summed E-state index contributed by atoms with van der Waals surface area (Å²) in [6, 6.07) is 15.9. The lowest BCUT2D eigenvalue weighted by Gasteiger charge is -2.33. The summed E-state index contributed by atoms with van der Waals surface area (Å²) in [5, 5.41) is 2.87. The molecular formula is C25H29N3O5. The van der Waals surface area contributed by atoms with Crippen LogP contribution in [0.3, 0.4) is 0 Å². The first-order chi connectivity index (χ1) is 16.1. The fraction of sp³-hybridized carbons (Fsp3) is 0.400. The van der Waals surface area contributed by atoms with Crippen LogP contribution in [0.15, 0.2) is 54.6 Å². The van der Waals surface area contributed by atoms with Gasteiger partial charge in [-0.15, -0.1) is 0 Å². The molecule has 2 atom stereocenters. The molecule has 0 bridgehead atoms. The molecule has 174 valence electrons. The zero-order valence-electron chi connectivity index (χ0n) is 18.7. The Kier molecular flexibility index (Phi) is 7.24. The Morgan fingerprint density at radius 1 is 1.06 bits per heavy atom. The van der Waals surface area contributed by atoms with E-state index in [-0.39, 0.29) is 18.4 Å². The lowest BCUT2D eigenvalue weighted by Crippen LogP contribution is -2.51. The molecule has 2 aliphatic rings. The van der Waals surface area contributed by atoms with Gasteiger partial charge in [0.05, 0.1) is 19.8 Å². The fourth-order valence-electron chi connectivity index (χ4n) is 4.19. The molecule has 0 aliphatic carbocycles. The van der Waals surface area contributed by atoms with Gasteiger partial charge in [0.25, 0.3) is 0 Å². The third kappa shape index (κ3) is 5.34. The van der Waals surface area contributed by atoms with Crippen LogP contribution in [0.4, 0.5) is 10.5 Å². The summed E-state index contributed by atoms with van der Waals surface area (Å²) in [6.07, 6.45) is -0.141. The molecule has 33 heavy (non-hydrogen) atoms. The van der Waals surface area contributed by atoms with Crippen LogP contribution >= 0.6 is 0 Å². The predicted octanol–water partition coefficient (Wildman–Crippen LogP) is 3.35. The van der Waals surface area contributed by atoms with E-state index in [1.54, 1.807) is 23.1 Å². The number of carbonyl (C=O) groups excluding carboxylic acids is 3. The van der Waals surface area contributed by atoms with E-state index >= 15 is 0 Å². The van der Waals surface area contributed by atoms with Crippen LogP contribution < -0.4 is 5.32 Å². The standard InChI is InChI=1S/C25H29N3O5/c1-2-7-21(29)26-20-11-6-10-19(16-20)23-22(24(30)27-12-14-32-15-13-27)28(25(31)33-23)17-18-8-4-3-5-9-18/h3-6,8-11,16,22-23H,2,7,12-15,17H2,1H3,(H,26,29)/t22-,23+/m0/s1. The molecule has 2 aromatic carbocycles. The first-order valence-corrected chi connectivity index (χ1v) is 11.3. The van der Waals surface area contributed by atoms with Crippen LogP contribution in [0.5, 0.6) is 0 Å². The second-order valence-corrected chi connectivity index (χ2v) is 8.22. The van der Waals surface area contributed by atoms with Crippen LogP contribution in [-0.4, -0.2) is 60.1 Å². The van der Waals surface area contributed by atoms with Gasteiger partial charge >= 0.3 is 6.09 Å². The molecule has 0 unspecified atom stereocenters. The highest BCUT2D eigenvalue weighted by atomic mass is 16.6. The monoisotopic (exact) mass is 451 g/mol. The molecule has 2 heterocycles. The number of cyclic esters (lactones) is 1. The van der Waals surface area contributed by atoms with Crippen molar-refractivity contribution in [1.29, 1.82) is 0 Å². The quantitative estimate of drug-likeness (QED) is 0.698. The first-order valence-electron chi connectivity index (χ1n) is 11.3. The maximum absolute atomic E-state index is 13.6. The van der Waals surface area contributed by atoms with E-state index in [4.69, 9.17) is 9.47 Å².